The minimum atomic E-state index is -0.350. The predicted molar refractivity (Wildman–Crippen MR) is 76.6 cm³/mol. The first-order valence-electron chi connectivity index (χ1n) is 7.42. The SMILES string of the molecule is CCC1C(=O)NC(CC(C)C)C(=O)N1C(C)C(C)C. The van der Waals surface area contributed by atoms with Crippen molar-refractivity contribution >= 4 is 11.8 Å². The van der Waals surface area contributed by atoms with Gasteiger partial charge in [-0.2, -0.15) is 0 Å². The van der Waals surface area contributed by atoms with Gasteiger partial charge in [-0.15, -0.1) is 0 Å². The number of hydrogen-bond donors (Lipinski definition) is 1. The Morgan fingerprint density at radius 3 is 2.16 bits per heavy atom. The number of hydrogen-bond acceptors (Lipinski definition) is 2. The van der Waals surface area contributed by atoms with Crippen molar-refractivity contribution in [2.24, 2.45) is 11.8 Å². The molecule has 1 rings (SSSR count). The lowest BCUT2D eigenvalue weighted by atomic mass is 9.93. The van der Waals surface area contributed by atoms with Crippen LogP contribution in [-0.4, -0.2) is 34.8 Å². The summed E-state index contributed by atoms with van der Waals surface area (Å²) >= 11 is 0. The Balaban J connectivity index is 2.99. The quantitative estimate of drug-likeness (QED) is 0.831. The molecule has 1 saturated heterocycles. The molecule has 1 fully saturated rings. The molecule has 0 aliphatic carbocycles. The molecule has 0 spiro atoms. The standard InChI is InChI=1S/C15H28N2O2/c1-7-13-14(18)16-12(8-9(2)3)15(19)17(13)11(6)10(4)5/h9-13H,7-8H2,1-6H3,(H,16,18). The van der Waals surface area contributed by atoms with Crippen molar-refractivity contribution in [3.63, 3.8) is 0 Å². The summed E-state index contributed by atoms with van der Waals surface area (Å²) in [4.78, 5) is 26.6. The van der Waals surface area contributed by atoms with Crippen molar-refractivity contribution in [3.05, 3.63) is 0 Å². The van der Waals surface area contributed by atoms with Crippen LogP contribution < -0.4 is 5.32 Å². The maximum Gasteiger partial charge on any atom is 0.246 e. The van der Waals surface area contributed by atoms with Gasteiger partial charge < -0.3 is 10.2 Å². The normalized spacial score (nSPS) is 26.0. The van der Waals surface area contributed by atoms with Gasteiger partial charge >= 0.3 is 0 Å². The minimum absolute atomic E-state index is 0.000231. The zero-order valence-electron chi connectivity index (χ0n) is 13.1. The average Bonchev–Trinajstić information content (AvgIpc) is 2.31. The summed E-state index contributed by atoms with van der Waals surface area (Å²) in [6, 6.07) is -0.567. The van der Waals surface area contributed by atoms with Gasteiger partial charge in [0, 0.05) is 6.04 Å². The van der Waals surface area contributed by atoms with Gasteiger partial charge in [0.2, 0.25) is 11.8 Å². The predicted octanol–water partition coefficient (Wildman–Crippen LogP) is 2.18. The van der Waals surface area contributed by atoms with Crippen LogP contribution in [0.3, 0.4) is 0 Å². The second-order valence-corrected chi connectivity index (χ2v) is 6.34. The molecule has 4 heteroatoms. The third kappa shape index (κ3) is 3.48. The molecule has 0 radical (unpaired) electrons. The molecule has 110 valence electrons. The van der Waals surface area contributed by atoms with Gasteiger partial charge in [-0.05, 0) is 31.6 Å². The second-order valence-electron chi connectivity index (χ2n) is 6.34. The van der Waals surface area contributed by atoms with Crippen LogP contribution in [0, 0.1) is 11.8 Å². The van der Waals surface area contributed by atoms with Gasteiger partial charge in [-0.1, -0.05) is 34.6 Å². The average molecular weight is 268 g/mol. The first-order valence-corrected chi connectivity index (χ1v) is 7.42. The summed E-state index contributed by atoms with van der Waals surface area (Å²) in [7, 11) is 0. The van der Waals surface area contributed by atoms with E-state index in [1.807, 2.05) is 18.7 Å². The molecule has 0 aromatic rings. The third-order valence-electron chi connectivity index (χ3n) is 4.00. The fourth-order valence-corrected chi connectivity index (χ4v) is 2.61. The zero-order chi connectivity index (χ0) is 14.7. The summed E-state index contributed by atoms with van der Waals surface area (Å²) < 4.78 is 0. The fourth-order valence-electron chi connectivity index (χ4n) is 2.61. The lowest BCUT2D eigenvalue weighted by Crippen LogP contribution is -2.66. The number of amides is 2. The van der Waals surface area contributed by atoms with Gasteiger partial charge in [0.05, 0.1) is 0 Å². The molecule has 0 bridgehead atoms. The second kappa shape index (κ2) is 6.40. The molecule has 1 heterocycles. The topological polar surface area (TPSA) is 49.4 Å². The largest absolute Gasteiger partial charge is 0.342 e. The smallest absolute Gasteiger partial charge is 0.246 e. The Hall–Kier alpha value is -1.06. The summed E-state index contributed by atoms with van der Waals surface area (Å²) in [6.45, 7) is 12.3. The molecule has 2 amide bonds. The van der Waals surface area contributed by atoms with Crippen LogP contribution in [0.2, 0.25) is 0 Å². The molecule has 3 atom stereocenters. The highest BCUT2D eigenvalue weighted by Crippen LogP contribution is 2.23. The molecule has 0 saturated carbocycles. The Morgan fingerprint density at radius 1 is 1.16 bits per heavy atom. The van der Waals surface area contributed by atoms with Crippen molar-refractivity contribution in [2.45, 2.75) is 72.5 Å². The lowest BCUT2D eigenvalue weighted by molar-refractivity contribution is -0.153. The third-order valence-corrected chi connectivity index (χ3v) is 4.00. The van der Waals surface area contributed by atoms with Crippen LogP contribution in [0.5, 0.6) is 0 Å². The van der Waals surface area contributed by atoms with Crippen LogP contribution in [0.15, 0.2) is 0 Å². The number of nitrogens with zero attached hydrogens (tertiary/aromatic N) is 1. The van der Waals surface area contributed by atoms with Crippen LogP contribution in [0.1, 0.15) is 54.4 Å². The number of carbonyl (C=O) groups excluding carboxylic acids is 2. The highest BCUT2D eigenvalue weighted by Gasteiger charge is 2.42. The van der Waals surface area contributed by atoms with Crippen LogP contribution in [0.4, 0.5) is 0 Å². The minimum Gasteiger partial charge on any atom is -0.342 e. The van der Waals surface area contributed by atoms with E-state index in [1.165, 1.54) is 0 Å². The van der Waals surface area contributed by atoms with E-state index in [0.717, 1.165) is 0 Å². The molecule has 19 heavy (non-hydrogen) atoms. The lowest BCUT2D eigenvalue weighted by Gasteiger charge is -2.43. The molecule has 1 aliphatic rings. The van der Waals surface area contributed by atoms with E-state index in [0.29, 0.717) is 24.7 Å². The molecule has 1 N–H and O–H groups in total. The van der Waals surface area contributed by atoms with Gasteiger partial charge in [-0.25, -0.2) is 0 Å². The monoisotopic (exact) mass is 268 g/mol. The maximum atomic E-state index is 12.6. The van der Waals surface area contributed by atoms with Gasteiger partial charge in [-0.3, -0.25) is 9.59 Å². The van der Waals surface area contributed by atoms with E-state index in [1.54, 1.807) is 0 Å². The van der Waals surface area contributed by atoms with Crippen molar-refractivity contribution < 1.29 is 9.59 Å². The molecule has 0 aromatic carbocycles. The van der Waals surface area contributed by atoms with E-state index < -0.39 is 0 Å². The molecular weight excluding hydrogens is 240 g/mol. The highest BCUT2D eigenvalue weighted by molar-refractivity contribution is 5.97. The van der Waals surface area contributed by atoms with Crippen LogP contribution in [-0.2, 0) is 9.59 Å². The summed E-state index contributed by atoms with van der Waals surface area (Å²) in [5.74, 6) is 0.828. The number of nitrogens with one attached hydrogen (secondary N) is 1. The molecule has 3 unspecified atom stereocenters. The van der Waals surface area contributed by atoms with E-state index >= 15 is 0 Å². The van der Waals surface area contributed by atoms with Crippen molar-refractivity contribution in [1.82, 2.24) is 10.2 Å². The van der Waals surface area contributed by atoms with Crippen molar-refractivity contribution in [3.8, 4) is 0 Å². The molecule has 1 aliphatic heterocycles. The molecular formula is C15H28N2O2. The highest BCUT2D eigenvalue weighted by atomic mass is 16.2. The summed E-state index contributed by atoms with van der Waals surface area (Å²) in [5.41, 5.74) is 0. The zero-order valence-corrected chi connectivity index (χ0v) is 13.1. The number of carbonyl (C=O) groups is 2. The van der Waals surface area contributed by atoms with Crippen molar-refractivity contribution in [1.29, 1.82) is 0 Å². The molecule has 4 nitrogen and oxygen atoms in total. The molecule has 0 aromatic heterocycles. The van der Waals surface area contributed by atoms with Crippen LogP contribution in [0.25, 0.3) is 0 Å². The van der Waals surface area contributed by atoms with E-state index in [2.05, 4.69) is 33.0 Å². The Kier molecular flexibility index (Phi) is 5.39. The Labute approximate surface area is 116 Å². The maximum absolute atomic E-state index is 12.6. The summed E-state index contributed by atoms with van der Waals surface area (Å²) in [6.07, 6.45) is 1.38. The Bertz CT molecular complexity index is 339. The van der Waals surface area contributed by atoms with E-state index in [9.17, 15) is 9.59 Å². The summed E-state index contributed by atoms with van der Waals surface area (Å²) in [5, 5.41) is 2.89. The fraction of sp³-hybridized carbons (Fsp3) is 0.867. The van der Waals surface area contributed by atoms with E-state index in [4.69, 9.17) is 0 Å². The number of rotatable bonds is 5. The first kappa shape index (κ1) is 16.0. The van der Waals surface area contributed by atoms with Crippen molar-refractivity contribution in [2.75, 3.05) is 0 Å². The Morgan fingerprint density at radius 2 is 1.74 bits per heavy atom. The van der Waals surface area contributed by atoms with Gasteiger partial charge in [0.15, 0.2) is 0 Å². The van der Waals surface area contributed by atoms with Crippen LogP contribution >= 0.6 is 0 Å². The van der Waals surface area contributed by atoms with E-state index in [-0.39, 0.29) is 29.9 Å². The first-order chi connectivity index (χ1) is 8.79. The van der Waals surface area contributed by atoms with Gasteiger partial charge in [0.25, 0.3) is 0 Å². The van der Waals surface area contributed by atoms with Gasteiger partial charge in [0.1, 0.15) is 12.1 Å². The number of piperazine rings is 1.